The van der Waals surface area contributed by atoms with Crippen molar-refractivity contribution >= 4 is 11.9 Å². The first-order chi connectivity index (χ1) is 13.5. The molecule has 2 aromatic rings. The van der Waals surface area contributed by atoms with Gasteiger partial charge in [-0.25, -0.2) is 0 Å². The first-order valence-corrected chi connectivity index (χ1v) is 10.1. The lowest BCUT2D eigenvalue weighted by molar-refractivity contribution is -0.171. The van der Waals surface area contributed by atoms with Crippen molar-refractivity contribution in [2.75, 3.05) is 0 Å². The van der Waals surface area contributed by atoms with Gasteiger partial charge in [-0.05, 0) is 54.9 Å². The van der Waals surface area contributed by atoms with Gasteiger partial charge in [0, 0.05) is 11.8 Å². The SMILES string of the molecule is CC1(OC(=O)C2C3c4ccccc4C(c4ccccc43)C2C(=O)O)CCCC1. The van der Waals surface area contributed by atoms with Gasteiger partial charge >= 0.3 is 11.9 Å². The van der Waals surface area contributed by atoms with Gasteiger partial charge in [0.1, 0.15) is 5.60 Å². The van der Waals surface area contributed by atoms with Crippen molar-refractivity contribution in [2.24, 2.45) is 11.8 Å². The molecule has 4 nitrogen and oxygen atoms in total. The predicted octanol–water partition coefficient (Wildman–Crippen LogP) is 4.47. The largest absolute Gasteiger partial charge is 0.481 e. The quantitative estimate of drug-likeness (QED) is 0.803. The van der Waals surface area contributed by atoms with Crippen molar-refractivity contribution in [3.8, 4) is 0 Å². The zero-order valence-corrected chi connectivity index (χ0v) is 15.9. The number of carboxylic acids is 1. The zero-order chi connectivity index (χ0) is 19.5. The molecule has 0 amide bonds. The summed E-state index contributed by atoms with van der Waals surface area (Å²) in [7, 11) is 0. The maximum atomic E-state index is 13.4. The van der Waals surface area contributed by atoms with Gasteiger partial charge in [-0.2, -0.15) is 0 Å². The monoisotopic (exact) mass is 376 g/mol. The molecule has 2 atom stereocenters. The number of hydrogen-bond acceptors (Lipinski definition) is 3. The molecular weight excluding hydrogens is 352 g/mol. The molecule has 0 heterocycles. The third-order valence-electron chi connectivity index (χ3n) is 7.00. The topological polar surface area (TPSA) is 63.6 Å². The van der Waals surface area contributed by atoms with Crippen molar-refractivity contribution in [1.82, 2.24) is 0 Å². The molecule has 4 aliphatic rings. The van der Waals surface area contributed by atoms with Crippen molar-refractivity contribution < 1.29 is 19.4 Å². The molecule has 6 rings (SSSR count). The average Bonchev–Trinajstić information content (AvgIpc) is 3.13. The van der Waals surface area contributed by atoms with E-state index in [9.17, 15) is 14.7 Å². The summed E-state index contributed by atoms with van der Waals surface area (Å²) in [6, 6.07) is 16.0. The highest BCUT2D eigenvalue weighted by Gasteiger charge is 2.56. The average molecular weight is 376 g/mol. The molecule has 1 N–H and O–H groups in total. The first-order valence-electron chi connectivity index (χ1n) is 10.1. The Labute approximate surface area is 164 Å². The fourth-order valence-electron chi connectivity index (χ4n) is 5.79. The van der Waals surface area contributed by atoms with E-state index in [0.29, 0.717) is 0 Å². The molecule has 0 saturated heterocycles. The first kappa shape index (κ1) is 17.5. The molecule has 0 aliphatic heterocycles. The van der Waals surface area contributed by atoms with E-state index in [-0.39, 0.29) is 17.8 Å². The molecular formula is C24H24O4. The van der Waals surface area contributed by atoms with Crippen LogP contribution in [0.2, 0.25) is 0 Å². The molecule has 0 spiro atoms. The van der Waals surface area contributed by atoms with Crippen LogP contribution < -0.4 is 0 Å². The maximum Gasteiger partial charge on any atom is 0.311 e. The van der Waals surface area contributed by atoms with Crippen molar-refractivity contribution in [3.05, 3.63) is 70.8 Å². The van der Waals surface area contributed by atoms with Gasteiger partial charge < -0.3 is 9.84 Å². The van der Waals surface area contributed by atoms with Crippen LogP contribution in [0.5, 0.6) is 0 Å². The van der Waals surface area contributed by atoms with E-state index in [1.807, 2.05) is 55.5 Å². The number of aliphatic carboxylic acids is 1. The van der Waals surface area contributed by atoms with Crippen LogP contribution in [0.4, 0.5) is 0 Å². The number of fused-ring (bicyclic) bond motifs is 1. The molecule has 4 aliphatic carbocycles. The molecule has 144 valence electrons. The second kappa shape index (κ2) is 6.20. The van der Waals surface area contributed by atoms with E-state index in [4.69, 9.17) is 4.74 Å². The summed E-state index contributed by atoms with van der Waals surface area (Å²) in [6.45, 7) is 1.98. The number of benzene rings is 2. The Morgan fingerprint density at radius 1 is 0.857 bits per heavy atom. The Morgan fingerprint density at radius 3 is 1.71 bits per heavy atom. The number of hydrogen-bond donors (Lipinski definition) is 1. The minimum atomic E-state index is -0.919. The van der Waals surface area contributed by atoms with Gasteiger partial charge in [0.2, 0.25) is 0 Å². The van der Waals surface area contributed by atoms with E-state index in [1.165, 1.54) is 0 Å². The van der Waals surface area contributed by atoms with Crippen LogP contribution in [0, 0.1) is 11.8 Å². The van der Waals surface area contributed by atoms with Crippen LogP contribution in [0.3, 0.4) is 0 Å². The van der Waals surface area contributed by atoms with Crippen LogP contribution in [0.25, 0.3) is 0 Å². The number of carbonyl (C=O) groups is 2. The van der Waals surface area contributed by atoms with E-state index < -0.39 is 23.4 Å². The number of carboxylic acid groups (broad SMARTS) is 1. The number of rotatable bonds is 3. The number of ether oxygens (including phenoxy) is 1. The predicted molar refractivity (Wildman–Crippen MR) is 104 cm³/mol. The summed E-state index contributed by atoms with van der Waals surface area (Å²) in [5.74, 6) is -3.34. The second-order valence-corrected chi connectivity index (χ2v) is 8.68. The molecule has 28 heavy (non-hydrogen) atoms. The van der Waals surface area contributed by atoms with Crippen LogP contribution in [-0.2, 0) is 14.3 Å². The molecule has 1 fully saturated rings. The van der Waals surface area contributed by atoms with Crippen LogP contribution >= 0.6 is 0 Å². The highest BCUT2D eigenvalue weighted by molar-refractivity contribution is 5.87. The van der Waals surface area contributed by atoms with Crippen molar-refractivity contribution in [2.45, 2.75) is 50.0 Å². The Balaban J connectivity index is 1.65. The van der Waals surface area contributed by atoms with Gasteiger partial charge in [0.05, 0.1) is 11.8 Å². The molecule has 2 bridgehead atoms. The van der Waals surface area contributed by atoms with Crippen LogP contribution in [-0.4, -0.2) is 22.6 Å². The summed E-state index contributed by atoms with van der Waals surface area (Å²) < 4.78 is 6.00. The summed E-state index contributed by atoms with van der Waals surface area (Å²) >= 11 is 0. The summed E-state index contributed by atoms with van der Waals surface area (Å²) in [6.07, 6.45) is 3.80. The lowest BCUT2D eigenvalue weighted by Gasteiger charge is -2.48. The van der Waals surface area contributed by atoms with E-state index in [1.54, 1.807) is 0 Å². The van der Waals surface area contributed by atoms with Crippen molar-refractivity contribution in [3.63, 3.8) is 0 Å². The smallest absolute Gasteiger partial charge is 0.311 e. The molecule has 2 unspecified atom stereocenters. The Bertz CT molecular complexity index is 909. The van der Waals surface area contributed by atoms with Gasteiger partial charge in [0.25, 0.3) is 0 Å². The zero-order valence-electron chi connectivity index (χ0n) is 15.9. The summed E-state index contributed by atoms with van der Waals surface area (Å²) in [4.78, 5) is 25.8. The van der Waals surface area contributed by atoms with Gasteiger partial charge in [-0.1, -0.05) is 48.5 Å². The van der Waals surface area contributed by atoms with E-state index >= 15 is 0 Å². The third kappa shape index (κ3) is 2.43. The fraction of sp³-hybridized carbons (Fsp3) is 0.417. The summed E-state index contributed by atoms with van der Waals surface area (Å²) in [5, 5.41) is 10.1. The lowest BCUT2D eigenvalue weighted by atomic mass is 9.54. The molecule has 2 aromatic carbocycles. The lowest BCUT2D eigenvalue weighted by Crippen LogP contribution is -2.48. The normalized spacial score (nSPS) is 29.0. The minimum absolute atomic E-state index is 0.268. The molecule has 1 saturated carbocycles. The van der Waals surface area contributed by atoms with Crippen molar-refractivity contribution in [1.29, 1.82) is 0 Å². The molecule has 0 radical (unpaired) electrons. The highest BCUT2D eigenvalue weighted by Crippen LogP contribution is 2.58. The van der Waals surface area contributed by atoms with Crippen LogP contribution in [0.1, 0.15) is 66.7 Å². The minimum Gasteiger partial charge on any atom is -0.481 e. The van der Waals surface area contributed by atoms with Crippen LogP contribution in [0.15, 0.2) is 48.5 Å². The van der Waals surface area contributed by atoms with Gasteiger partial charge in [-0.3, -0.25) is 9.59 Å². The number of esters is 1. The van der Waals surface area contributed by atoms with E-state index in [0.717, 1.165) is 47.9 Å². The van der Waals surface area contributed by atoms with Gasteiger partial charge in [0.15, 0.2) is 0 Å². The Morgan fingerprint density at radius 2 is 1.29 bits per heavy atom. The fourth-order valence-corrected chi connectivity index (χ4v) is 5.79. The summed E-state index contributed by atoms with van der Waals surface area (Å²) in [5.41, 5.74) is 3.75. The Kier molecular flexibility index (Phi) is 3.87. The maximum absolute atomic E-state index is 13.4. The Hall–Kier alpha value is -2.62. The number of carbonyl (C=O) groups excluding carboxylic acids is 1. The van der Waals surface area contributed by atoms with E-state index in [2.05, 4.69) is 0 Å². The standard InChI is InChI=1S/C24H24O4/c1-24(12-6-7-13-24)28-23(27)21-19-16-10-4-2-8-14(16)18(20(21)22(25)26)15-9-3-5-11-17(15)19/h2-5,8-11,18-21H,6-7,12-13H2,1H3,(H,25,26). The highest BCUT2D eigenvalue weighted by atomic mass is 16.6. The molecule has 4 heteroatoms. The second-order valence-electron chi connectivity index (χ2n) is 8.68. The third-order valence-corrected chi connectivity index (χ3v) is 7.00. The molecule has 0 aromatic heterocycles. The van der Waals surface area contributed by atoms with Gasteiger partial charge in [-0.15, -0.1) is 0 Å².